The maximum atomic E-state index is 12.1. The number of carbonyl (C=O) groups excluding carboxylic acids is 2. The second-order valence-electron chi connectivity index (χ2n) is 5.40. The van der Waals surface area contributed by atoms with Gasteiger partial charge in [-0.25, -0.2) is 0 Å². The molecule has 0 aliphatic carbocycles. The van der Waals surface area contributed by atoms with Crippen molar-refractivity contribution in [3.05, 3.63) is 24.3 Å². The fourth-order valence-electron chi connectivity index (χ4n) is 2.21. The molecule has 1 aliphatic rings. The Balaban J connectivity index is 1.84. The summed E-state index contributed by atoms with van der Waals surface area (Å²) in [6.07, 6.45) is 0.424. The largest absolute Gasteiger partial charge is 0.484 e. The van der Waals surface area contributed by atoms with Crippen molar-refractivity contribution in [1.29, 1.82) is 0 Å². The predicted molar refractivity (Wildman–Crippen MR) is 84.9 cm³/mol. The average Bonchev–Trinajstić information content (AvgIpc) is 2.53. The zero-order valence-corrected chi connectivity index (χ0v) is 13.2. The molecule has 1 heterocycles. The molecule has 0 bridgehead atoms. The van der Waals surface area contributed by atoms with Gasteiger partial charge in [-0.1, -0.05) is 13.0 Å². The van der Waals surface area contributed by atoms with Crippen molar-refractivity contribution in [3.63, 3.8) is 0 Å². The quantitative estimate of drug-likeness (QED) is 0.887. The molecule has 0 saturated carbocycles. The van der Waals surface area contributed by atoms with Crippen molar-refractivity contribution in [1.82, 2.24) is 9.80 Å². The molecule has 1 aliphatic heterocycles. The minimum Gasteiger partial charge on any atom is -0.484 e. The Bertz CT molecular complexity index is 525. The van der Waals surface area contributed by atoms with Gasteiger partial charge in [-0.05, 0) is 19.2 Å². The Labute approximate surface area is 131 Å². The van der Waals surface area contributed by atoms with Gasteiger partial charge in [0.1, 0.15) is 5.75 Å². The number of ether oxygens (including phenoxy) is 1. The van der Waals surface area contributed by atoms with Crippen LogP contribution in [0.1, 0.15) is 13.3 Å². The number of amides is 2. The molecule has 6 heteroatoms. The third-order valence-corrected chi connectivity index (χ3v) is 3.66. The Morgan fingerprint density at radius 3 is 2.64 bits per heavy atom. The highest BCUT2D eigenvalue weighted by atomic mass is 16.5. The topological polar surface area (TPSA) is 61.9 Å². The summed E-state index contributed by atoms with van der Waals surface area (Å²) in [5.41, 5.74) is 0.677. The lowest BCUT2D eigenvalue weighted by molar-refractivity contribution is -0.134. The molecule has 2 rings (SSSR count). The summed E-state index contributed by atoms with van der Waals surface area (Å²) in [7, 11) is 2.05. The van der Waals surface area contributed by atoms with Crippen molar-refractivity contribution in [3.8, 4) is 5.75 Å². The molecule has 1 aromatic carbocycles. The van der Waals surface area contributed by atoms with Gasteiger partial charge in [-0.15, -0.1) is 0 Å². The van der Waals surface area contributed by atoms with Gasteiger partial charge < -0.3 is 19.9 Å². The zero-order chi connectivity index (χ0) is 15.9. The maximum Gasteiger partial charge on any atom is 0.260 e. The van der Waals surface area contributed by atoms with Crippen LogP contribution in [0.25, 0.3) is 0 Å². The van der Waals surface area contributed by atoms with Gasteiger partial charge in [-0.3, -0.25) is 9.59 Å². The molecule has 0 atom stereocenters. The molecule has 0 spiro atoms. The Kier molecular flexibility index (Phi) is 5.77. The van der Waals surface area contributed by atoms with E-state index < -0.39 is 0 Å². The highest BCUT2D eigenvalue weighted by Crippen LogP contribution is 2.17. The highest BCUT2D eigenvalue weighted by Gasteiger charge is 2.19. The lowest BCUT2D eigenvalue weighted by Crippen LogP contribution is -2.48. The van der Waals surface area contributed by atoms with Crippen LogP contribution in [0.4, 0.5) is 5.69 Å². The summed E-state index contributed by atoms with van der Waals surface area (Å²) in [5, 5.41) is 2.77. The van der Waals surface area contributed by atoms with Crippen molar-refractivity contribution in [2.45, 2.75) is 13.3 Å². The highest BCUT2D eigenvalue weighted by molar-refractivity contribution is 5.90. The van der Waals surface area contributed by atoms with E-state index >= 15 is 0 Å². The molecule has 22 heavy (non-hydrogen) atoms. The molecule has 1 N–H and O–H groups in total. The minimum absolute atomic E-state index is 0.00361. The Morgan fingerprint density at radius 2 is 1.95 bits per heavy atom. The van der Waals surface area contributed by atoms with E-state index in [4.69, 9.17) is 4.74 Å². The molecule has 1 aromatic rings. The van der Waals surface area contributed by atoms with Gasteiger partial charge in [0.25, 0.3) is 5.91 Å². The van der Waals surface area contributed by atoms with Crippen LogP contribution in [0.15, 0.2) is 24.3 Å². The van der Waals surface area contributed by atoms with Crippen LogP contribution >= 0.6 is 0 Å². The summed E-state index contributed by atoms with van der Waals surface area (Å²) >= 11 is 0. The number of hydrogen-bond acceptors (Lipinski definition) is 4. The molecule has 120 valence electrons. The van der Waals surface area contributed by atoms with Crippen LogP contribution in [-0.2, 0) is 9.59 Å². The molecule has 6 nitrogen and oxygen atoms in total. The van der Waals surface area contributed by atoms with Gasteiger partial charge in [0.2, 0.25) is 5.91 Å². The van der Waals surface area contributed by atoms with Crippen LogP contribution in [0.5, 0.6) is 5.75 Å². The average molecular weight is 305 g/mol. The number of nitrogens with zero attached hydrogens (tertiary/aromatic N) is 2. The summed E-state index contributed by atoms with van der Waals surface area (Å²) in [5.74, 6) is 0.526. The van der Waals surface area contributed by atoms with E-state index in [1.807, 2.05) is 4.90 Å². The lowest BCUT2D eigenvalue weighted by atomic mass is 10.3. The van der Waals surface area contributed by atoms with E-state index in [9.17, 15) is 9.59 Å². The van der Waals surface area contributed by atoms with E-state index in [0.29, 0.717) is 17.9 Å². The first-order valence-corrected chi connectivity index (χ1v) is 7.57. The summed E-state index contributed by atoms with van der Waals surface area (Å²) in [6, 6.07) is 7.09. The number of likely N-dealkylation sites (N-methyl/N-ethyl adjacent to an activating group) is 1. The summed E-state index contributed by atoms with van der Waals surface area (Å²) in [4.78, 5) is 27.5. The second-order valence-corrected chi connectivity index (χ2v) is 5.40. The molecule has 0 unspecified atom stereocenters. The van der Waals surface area contributed by atoms with Crippen molar-refractivity contribution in [2.75, 3.05) is 45.2 Å². The Hall–Kier alpha value is -2.08. The Morgan fingerprint density at radius 1 is 1.23 bits per heavy atom. The lowest BCUT2D eigenvalue weighted by Gasteiger charge is -2.32. The standard InChI is InChI=1S/C16H23N3O3/c1-3-15(20)17-13-5-4-6-14(11-13)22-12-16(21)19-9-7-18(2)8-10-19/h4-6,11H,3,7-10,12H2,1-2H3,(H,17,20). The van der Waals surface area contributed by atoms with Crippen molar-refractivity contribution < 1.29 is 14.3 Å². The van der Waals surface area contributed by atoms with Crippen LogP contribution in [0.2, 0.25) is 0 Å². The zero-order valence-electron chi connectivity index (χ0n) is 13.2. The summed E-state index contributed by atoms with van der Waals surface area (Å²) < 4.78 is 5.55. The number of rotatable bonds is 5. The van der Waals surface area contributed by atoms with E-state index in [-0.39, 0.29) is 18.4 Å². The van der Waals surface area contributed by atoms with E-state index in [1.165, 1.54) is 0 Å². The molecule has 1 saturated heterocycles. The molecular formula is C16H23N3O3. The van der Waals surface area contributed by atoms with Gasteiger partial charge in [0.05, 0.1) is 0 Å². The molecule has 2 amide bonds. The minimum atomic E-state index is -0.0503. The molecule has 0 aromatic heterocycles. The molecule has 0 radical (unpaired) electrons. The van der Waals surface area contributed by atoms with Crippen LogP contribution in [0.3, 0.4) is 0 Å². The first-order chi connectivity index (χ1) is 10.6. The molecule has 1 fully saturated rings. The number of benzene rings is 1. The number of hydrogen-bond donors (Lipinski definition) is 1. The normalized spacial score (nSPS) is 15.5. The number of carbonyl (C=O) groups is 2. The predicted octanol–water partition coefficient (Wildman–Crippen LogP) is 1.19. The third-order valence-electron chi connectivity index (χ3n) is 3.66. The van der Waals surface area contributed by atoms with Gasteiger partial charge in [0, 0.05) is 44.4 Å². The van der Waals surface area contributed by atoms with E-state index in [1.54, 1.807) is 31.2 Å². The van der Waals surface area contributed by atoms with Crippen LogP contribution in [0, 0.1) is 0 Å². The third kappa shape index (κ3) is 4.73. The number of nitrogens with one attached hydrogen (secondary N) is 1. The fraction of sp³-hybridized carbons (Fsp3) is 0.500. The van der Waals surface area contributed by atoms with E-state index in [0.717, 1.165) is 26.2 Å². The smallest absolute Gasteiger partial charge is 0.260 e. The molecular weight excluding hydrogens is 282 g/mol. The van der Waals surface area contributed by atoms with E-state index in [2.05, 4.69) is 17.3 Å². The van der Waals surface area contributed by atoms with Gasteiger partial charge >= 0.3 is 0 Å². The fourth-order valence-corrected chi connectivity index (χ4v) is 2.21. The van der Waals surface area contributed by atoms with Gasteiger partial charge in [0.15, 0.2) is 6.61 Å². The summed E-state index contributed by atoms with van der Waals surface area (Å²) in [6.45, 7) is 5.09. The maximum absolute atomic E-state index is 12.1. The van der Waals surface area contributed by atoms with Crippen LogP contribution in [-0.4, -0.2) is 61.4 Å². The first kappa shape index (κ1) is 16.3. The second kappa shape index (κ2) is 7.79. The van der Waals surface area contributed by atoms with Crippen LogP contribution < -0.4 is 10.1 Å². The SMILES string of the molecule is CCC(=O)Nc1cccc(OCC(=O)N2CCN(C)CC2)c1. The van der Waals surface area contributed by atoms with Gasteiger partial charge in [-0.2, -0.15) is 0 Å². The van der Waals surface area contributed by atoms with Crippen molar-refractivity contribution >= 4 is 17.5 Å². The number of anilines is 1. The monoisotopic (exact) mass is 305 g/mol. The first-order valence-electron chi connectivity index (χ1n) is 7.57. The number of piperazine rings is 1. The van der Waals surface area contributed by atoms with Crippen molar-refractivity contribution in [2.24, 2.45) is 0 Å².